The van der Waals surface area contributed by atoms with E-state index in [0.717, 1.165) is 11.8 Å². The molecule has 0 atom stereocenters. The molecule has 0 saturated heterocycles. The molecule has 0 amide bonds. The normalized spacial score (nSPS) is 11.9. The summed E-state index contributed by atoms with van der Waals surface area (Å²) in [5.74, 6) is -1.01. The zero-order valence-electron chi connectivity index (χ0n) is 12.7. The van der Waals surface area contributed by atoms with Gasteiger partial charge in [0.05, 0.1) is 14.6 Å². The third-order valence-electron chi connectivity index (χ3n) is 3.73. The second kappa shape index (κ2) is 5.17. The molecule has 2 aromatic rings. The minimum Gasteiger partial charge on any atom is -0.345 e. The van der Waals surface area contributed by atoms with Crippen LogP contribution in [-0.4, -0.2) is 12.6 Å². The van der Waals surface area contributed by atoms with Crippen molar-refractivity contribution >= 4 is 13.3 Å². The van der Waals surface area contributed by atoms with Crippen LogP contribution < -0.4 is 5.19 Å². The van der Waals surface area contributed by atoms with Gasteiger partial charge in [0.2, 0.25) is 0 Å². The fourth-order valence-electron chi connectivity index (χ4n) is 2.62. The van der Waals surface area contributed by atoms with E-state index in [-0.39, 0.29) is 0 Å². The van der Waals surface area contributed by atoms with E-state index in [1.165, 1.54) is 23.0 Å². The minimum atomic E-state index is -1.40. The van der Waals surface area contributed by atoms with Crippen LogP contribution in [0.15, 0.2) is 24.3 Å². The molecule has 4 heteroatoms. The summed E-state index contributed by atoms with van der Waals surface area (Å²) >= 11 is 0. The van der Waals surface area contributed by atoms with Gasteiger partial charge in [-0.25, -0.2) is 8.78 Å². The summed E-state index contributed by atoms with van der Waals surface area (Å²) < 4.78 is 28.9. The molecule has 0 unspecified atom stereocenters. The molecule has 0 spiro atoms. The summed E-state index contributed by atoms with van der Waals surface area (Å²) in [6, 6.07) is 6.00. The molecule has 0 radical (unpaired) electrons. The van der Waals surface area contributed by atoms with Gasteiger partial charge in [-0.3, -0.25) is 0 Å². The van der Waals surface area contributed by atoms with Crippen molar-refractivity contribution in [3.63, 3.8) is 0 Å². The zero-order chi connectivity index (χ0) is 15.1. The van der Waals surface area contributed by atoms with E-state index in [1.54, 1.807) is 0 Å². The summed E-state index contributed by atoms with van der Waals surface area (Å²) in [5, 5.41) is 1.40. The molecule has 108 valence electrons. The second-order valence-corrected chi connectivity index (χ2v) is 11.4. The van der Waals surface area contributed by atoms with Crippen LogP contribution in [0.4, 0.5) is 8.78 Å². The quantitative estimate of drug-likeness (QED) is 0.755. The maximum atomic E-state index is 13.8. The van der Waals surface area contributed by atoms with Gasteiger partial charge in [-0.05, 0) is 31.2 Å². The number of aromatic nitrogens is 1. The number of benzene rings is 1. The Bertz CT molecular complexity index is 639. The number of rotatable bonds is 3. The van der Waals surface area contributed by atoms with Gasteiger partial charge < -0.3 is 4.57 Å². The molecule has 0 aliphatic heterocycles. The molecule has 0 aliphatic carbocycles. The van der Waals surface area contributed by atoms with Crippen molar-refractivity contribution in [1.29, 1.82) is 0 Å². The Kier molecular flexibility index (Phi) is 3.87. The zero-order valence-corrected chi connectivity index (χ0v) is 13.7. The van der Waals surface area contributed by atoms with Crippen LogP contribution in [0.5, 0.6) is 0 Å². The first-order valence-corrected chi connectivity index (χ1v) is 10.3. The summed E-state index contributed by atoms with van der Waals surface area (Å²) in [5.41, 5.74) is 2.85. The lowest BCUT2D eigenvalue weighted by Crippen LogP contribution is -2.38. The predicted octanol–water partition coefficient (Wildman–Crippen LogP) is 3.98. The molecule has 1 aromatic heterocycles. The highest BCUT2D eigenvalue weighted by Crippen LogP contribution is 2.17. The van der Waals surface area contributed by atoms with Gasteiger partial charge in [0.1, 0.15) is 11.6 Å². The van der Waals surface area contributed by atoms with Gasteiger partial charge in [0, 0.05) is 23.0 Å². The Morgan fingerprint density at radius 2 is 1.70 bits per heavy atom. The lowest BCUT2D eigenvalue weighted by molar-refractivity contribution is 0.564. The van der Waals surface area contributed by atoms with Gasteiger partial charge >= 0.3 is 0 Å². The molecule has 0 N–H and O–H groups in total. The first kappa shape index (κ1) is 15.0. The van der Waals surface area contributed by atoms with Crippen molar-refractivity contribution in [3.8, 4) is 0 Å². The predicted molar refractivity (Wildman–Crippen MR) is 82.3 cm³/mol. The SMILES string of the molecule is Cc1cc([Si](C)(C)C)c(C)n1Cc1ccc(F)cc1F. The van der Waals surface area contributed by atoms with Crippen LogP contribution >= 0.6 is 0 Å². The molecule has 1 nitrogen and oxygen atoms in total. The average molecular weight is 293 g/mol. The van der Waals surface area contributed by atoms with Gasteiger partial charge in [0.15, 0.2) is 0 Å². The van der Waals surface area contributed by atoms with Crippen LogP contribution in [-0.2, 0) is 6.54 Å². The smallest absolute Gasteiger partial charge is 0.131 e. The third-order valence-corrected chi connectivity index (χ3v) is 5.85. The average Bonchev–Trinajstić information content (AvgIpc) is 2.59. The van der Waals surface area contributed by atoms with Crippen LogP contribution in [0.25, 0.3) is 0 Å². The van der Waals surface area contributed by atoms with Crippen molar-refractivity contribution < 1.29 is 8.78 Å². The van der Waals surface area contributed by atoms with Crippen LogP contribution in [0.2, 0.25) is 19.6 Å². The Morgan fingerprint density at radius 3 is 2.20 bits per heavy atom. The summed E-state index contributed by atoms with van der Waals surface area (Å²) in [6.07, 6.45) is 0. The van der Waals surface area contributed by atoms with E-state index in [1.807, 2.05) is 6.92 Å². The van der Waals surface area contributed by atoms with E-state index < -0.39 is 19.7 Å². The van der Waals surface area contributed by atoms with Crippen LogP contribution in [0.3, 0.4) is 0 Å². The van der Waals surface area contributed by atoms with Crippen molar-refractivity contribution in [1.82, 2.24) is 4.57 Å². The Hall–Kier alpha value is -1.42. The van der Waals surface area contributed by atoms with Gasteiger partial charge in [-0.15, -0.1) is 0 Å². The Labute approximate surface area is 120 Å². The first-order valence-electron chi connectivity index (χ1n) is 6.81. The molecule has 0 saturated carbocycles. The van der Waals surface area contributed by atoms with E-state index in [4.69, 9.17) is 0 Å². The molecular weight excluding hydrogens is 272 g/mol. The van der Waals surface area contributed by atoms with E-state index in [0.29, 0.717) is 12.1 Å². The highest BCUT2D eigenvalue weighted by atomic mass is 28.3. The molecule has 0 fully saturated rings. The Morgan fingerprint density at radius 1 is 1.05 bits per heavy atom. The standard InChI is InChI=1S/C16H21F2NSi/c1-11-8-16(20(3,4)5)12(2)19(11)10-13-6-7-14(17)9-15(13)18/h6-9H,10H2,1-5H3. The summed E-state index contributed by atoms with van der Waals surface area (Å²) in [4.78, 5) is 0. The lowest BCUT2D eigenvalue weighted by atomic mass is 10.2. The number of hydrogen-bond acceptors (Lipinski definition) is 0. The molecule has 1 aromatic carbocycles. The van der Waals surface area contributed by atoms with Gasteiger partial charge in [-0.1, -0.05) is 25.7 Å². The number of nitrogens with zero attached hydrogens (tertiary/aromatic N) is 1. The van der Waals surface area contributed by atoms with Crippen molar-refractivity contribution in [2.75, 3.05) is 0 Å². The lowest BCUT2D eigenvalue weighted by Gasteiger charge is -2.17. The molecule has 20 heavy (non-hydrogen) atoms. The molecular formula is C16H21F2NSi. The van der Waals surface area contributed by atoms with E-state index in [2.05, 4.69) is 37.2 Å². The van der Waals surface area contributed by atoms with Crippen LogP contribution in [0, 0.1) is 25.5 Å². The monoisotopic (exact) mass is 293 g/mol. The maximum Gasteiger partial charge on any atom is 0.131 e. The fourth-order valence-corrected chi connectivity index (χ4v) is 4.49. The largest absolute Gasteiger partial charge is 0.345 e. The molecule has 2 rings (SSSR count). The van der Waals surface area contributed by atoms with E-state index in [9.17, 15) is 8.78 Å². The third kappa shape index (κ3) is 2.85. The second-order valence-electron chi connectivity index (χ2n) is 6.36. The van der Waals surface area contributed by atoms with E-state index >= 15 is 0 Å². The van der Waals surface area contributed by atoms with Gasteiger partial charge in [0.25, 0.3) is 0 Å². The van der Waals surface area contributed by atoms with Crippen molar-refractivity contribution in [2.24, 2.45) is 0 Å². The molecule has 0 bridgehead atoms. The molecule has 1 heterocycles. The number of hydrogen-bond donors (Lipinski definition) is 0. The summed E-state index contributed by atoms with van der Waals surface area (Å²) in [6.45, 7) is 11.5. The summed E-state index contributed by atoms with van der Waals surface area (Å²) in [7, 11) is -1.40. The number of halogens is 2. The highest BCUT2D eigenvalue weighted by molar-refractivity contribution is 6.89. The van der Waals surface area contributed by atoms with Crippen molar-refractivity contribution in [2.45, 2.75) is 40.0 Å². The van der Waals surface area contributed by atoms with Gasteiger partial charge in [-0.2, -0.15) is 0 Å². The first-order chi connectivity index (χ1) is 9.20. The minimum absolute atomic E-state index is 0.453. The maximum absolute atomic E-state index is 13.8. The van der Waals surface area contributed by atoms with Crippen LogP contribution in [0.1, 0.15) is 17.0 Å². The number of aryl methyl sites for hydroxylation is 1. The topological polar surface area (TPSA) is 4.93 Å². The molecule has 0 aliphatic rings. The highest BCUT2D eigenvalue weighted by Gasteiger charge is 2.22. The fraction of sp³-hybridized carbons (Fsp3) is 0.375. The Balaban J connectivity index is 2.42. The van der Waals surface area contributed by atoms with Crippen molar-refractivity contribution in [3.05, 3.63) is 52.9 Å².